The molecule has 1 rings (SSSR count). The monoisotopic (exact) mass is 261 g/mol. The maximum Gasteiger partial charge on any atom is 0.416 e. The van der Waals surface area contributed by atoms with Crippen molar-refractivity contribution in [1.29, 1.82) is 0 Å². The van der Waals surface area contributed by atoms with Gasteiger partial charge in [-0.1, -0.05) is 6.92 Å². The summed E-state index contributed by atoms with van der Waals surface area (Å²) in [7, 11) is 0. The molecule has 0 heterocycles. The van der Waals surface area contributed by atoms with Crippen LogP contribution in [-0.4, -0.2) is 17.0 Å². The molecule has 98 valence electrons. The molecule has 0 saturated heterocycles. The molecule has 0 radical (unpaired) electrons. The first kappa shape index (κ1) is 14.0. The summed E-state index contributed by atoms with van der Waals surface area (Å²) in [6.45, 7) is 1.50. The van der Waals surface area contributed by atoms with Gasteiger partial charge in [-0.3, -0.25) is 4.79 Å². The topological polar surface area (TPSA) is 66.4 Å². The van der Waals surface area contributed by atoms with E-state index < -0.39 is 23.6 Å². The largest absolute Gasteiger partial charge is 0.478 e. The van der Waals surface area contributed by atoms with E-state index in [0.717, 1.165) is 6.07 Å². The third kappa shape index (κ3) is 3.22. The summed E-state index contributed by atoms with van der Waals surface area (Å²) >= 11 is 0. The molecule has 18 heavy (non-hydrogen) atoms. The number of carboxylic acid groups (broad SMARTS) is 1. The van der Waals surface area contributed by atoms with Gasteiger partial charge in [0.2, 0.25) is 5.91 Å². The number of benzene rings is 1. The summed E-state index contributed by atoms with van der Waals surface area (Å²) < 4.78 is 37.4. The summed E-state index contributed by atoms with van der Waals surface area (Å²) in [5.41, 5.74) is -1.76. The summed E-state index contributed by atoms with van der Waals surface area (Å²) in [5, 5.41) is 10.9. The van der Waals surface area contributed by atoms with Crippen LogP contribution in [0.3, 0.4) is 0 Å². The average Bonchev–Trinajstić information content (AvgIpc) is 2.27. The second kappa shape index (κ2) is 5.07. The number of alkyl halides is 3. The lowest BCUT2D eigenvalue weighted by atomic mass is 10.1. The van der Waals surface area contributed by atoms with Crippen molar-refractivity contribution >= 4 is 17.6 Å². The van der Waals surface area contributed by atoms with E-state index in [1.54, 1.807) is 0 Å². The molecule has 0 aliphatic carbocycles. The number of hydrogen-bond donors (Lipinski definition) is 2. The minimum absolute atomic E-state index is 0.0370. The molecule has 1 aromatic rings. The second-order valence-corrected chi connectivity index (χ2v) is 3.47. The molecular weight excluding hydrogens is 251 g/mol. The van der Waals surface area contributed by atoms with E-state index in [-0.39, 0.29) is 17.7 Å². The number of rotatable bonds is 3. The van der Waals surface area contributed by atoms with Gasteiger partial charge in [0.1, 0.15) is 0 Å². The Hall–Kier alpha value is -2.05. The quantitative estimate of drug-likeness (QED) is 0.879. The van der Waals surface area contributed by atoms with Gasteiger partial charge in [-0.2, -0.15) is 13.2 Å². The van der Waals surface area contributed by atoms with Crippen molar-refractivity contribution in [3.8, 4) is 0 Å². The normalized spacial score (nSPS) is 11.1. The number of amides is 1. The fourth-order valence-electron chi connectivity index (χ4n) is 1.25. The predicted molar refractivity (Wildman–Crippen MR) is 57.3 cm³/mol. The highest BCUT2D eigenvalue weighted by atomic mass is 19.4. The molecule has 0 aliphatic heterocycles. The predicted octanol–water partition coefficient (Wildman–Crippen LogP) is 2.75. The van der Waals surface area contributed by atoms with E-state index in [1.165, 1.54) is 6.92 Å². The van der Waals surface area contributed by atoms with Crippen molar-refractivity contribution in [3.05, 3.63) is 29.3 Å². The van der Waals surface area contributed by atoms with E-state index in [9.17, 15) is 22.8 Å². The van der Waals surface area contributed by atoms with Gasteiger partial charge >= 0.3 is 12.1 Å². The molecule has 0 fully saturated rings. The third-order valence-electron chi connectivity index (χ3n) is 2.17. The molecule has 0 spiro atoms. The minimum Gasteiger partial charge on any atom is -0.478 e. The van der Waals surface area contributed by atoms with Crippen LogP contribution < -0.4 is 5.32 Å². The Morgan fingerprint density at radius 3 is 2.39 bits per heavy atom. The molecule has 0 unspecified atom stereocenters. The van der Waals surface area contributed by atoms with Crippen LogP contribution in [0.5, 0.6) is 0 Å². The second-order valence-electron chi connectivity index (χ2n) is 3.47. The Labute approximate surface area is 100 Å². The first-order chi connectivity index (χ1) is 8.25. The molecule has 4 nitrogen and oxygen atoms in total. The van der Waals surface area contributed by atoms with Crippen molar-refractivity contribution in [3.63, 3.8) is 0 Å². The third-order valence-corrected chi connectivity index (χ3v) is 2.17. The van der Waals surface area contributed by atoms with E-state index in [1.807, 2.05) is 0 Å². The zero-order chi connectivity index (χ0) is 13.9. The number of carbonyl (C=O) groups excluding carboxylic acids is 1. The molecule has 0 aromatic heterocycles. The zero-order valence-electron chi connectivity index (χ0n) is 9.34. The molecule has 2 N–H and O–H groups in total. The molecular formula is C11H10F3NO3. The Morgan fingerprint density at radius 1 is 1.33 bits per heavy atom. The van der Waals surface area contributed by atoms with Gasteiger partial charge in [0.05, 0.1) is 16.8 Å². The van der Waals surface area contributed by atoms with Crippen LogP contribution in [0.25, 0.3) is 0 Å². The lowest BCUT2D eigenvalue weighted by molar-refractivity contribution is -0.137. The van der Waals surface area contributed by atoms with Crippen LogP contribution >= 0.6 is 0 Å². The van der Waals surface area contributed by atoms with Gasteiger partial charge in [0.15, 0.2) is 0 Å². The smallest absolute Gasteiger partial charge is 0.416 e. The summed E-state index contributed by atoms with van der Waals surface area (Å²) in [4.78, 5) is 22.0. The summed E-state index contributed by atoms with van der Waals surface area (Å²) in [6.07, 6.45) is -4.56. The van der Waals surface area contributed by atoms with Crippen molar-refractivity contribution in [2.24, 2.45) is 0 Å². The fourth-order valence-corrected chi connectivity index (χ4v) is 1.25. The van der Waals surface area contributed by atoms with E-state index in [2.05, 4.69) is 5.32 Å². The highest BCUT2D eigenvalue weighted by Crippen LogP contribution is 2.32. The van der Waals surface area contributed by atoms with Gasteiger partial charge in [-0.25, -0.2) is 4.79 Å². The van der Waals surface area contributed by atoms with Crippen LogP contribution in [0.15, 0.2) is 18.2 Å². The molecule has 0 atom stereocenters. The van der Waals surface area contributed by atoms with Crippen molar-refractivity contribution < 1.29 is 27.9 Å². The standard InChI is InChI=1S/C11H10F3NO3/c1-2-9(16)15-8-5-6(11(12,13)14)3-4-7(8)10(17)18/h3-5H,2H2,1H3,(H,15,16)(H,17,18). The van der Waals surface area contributed by atoms with E-state index in [4.69, 9.17) is 5.11 Å². The molecule has 7 heteroatoms. The highest BCUT2D eigenvalue weighted by molar-refractivity contribution is 6.00. The average molecular weight is 261 g/mol. The number of nitrogens with one attached hydrogen (secondary N) is 1. The number of anilines is 1. The first-order valence-electron chi connectivity index (χ1n) is 5.00. The molecule has 0 aliphatic rings. The van der Waals surface area contributed by atoms with Gasteiger partial charge in [0, 0.05) is 6.42 Å². The van der Waals surface area contributed by atoms with Crippen LogP contribution in [0, 0.1) is 0 Å². The van der Waals surface area contributed by atoms with Gasteiger partial charge in [-0.05, 0) is 18.2 Å². The Morgan fingerprint density at radius 2 is 1.94 bits per heavy atom. The number of carboxylic acids is 1. The highest BCUT2D eigenvalue weighted by Gasteiger charge is 2.31. The van der Waals surface area contributed by atoms with Gasteiger partial charge < -0.3 is 10.4 Å². The maximum atomic E-state index is 12.5. The SMILES string of the molecule is CCC(=O)Nc1cc(C(F)(F)F)ccc1C(=O)O. The van der Waals surface area contributed by atoms with Gasteiger partial charge in [-0.15, -0.1) is 0 Å². The molecule has 0 saturated carbocycles. The van der Waals surface area contributed by atoms with Crippen LogP contribution in [0.1, 0.15) is 29.3 Å². The first-order valence-corrected chi connectivity index (χ1v) is 5.00. The van der Waals surface area contributed by atoms with Crippen LogP contribution in [0.4, 0.5) is 18.9 Å². The van der Waals surface area contributed by atoms with Crippen molar-refractivity contribution in [2.45, 2.75) is 19.5 Å². The van der Waals surface area contributed by atoms with E-state index >= 15 is 0 Å². The summed E-state index contributed by atoms with van der Waals surface area (Å²) in [5.74, 6) is -1.97. The lowest BCUT2D eigenvalue weighted by Gasteiger charge is -2.12. The van der Waals surface area contributed by atoms with Crippen molar-refractivity contribution in [1.82, 2.24) is 0 Å². The Kier molecular flexibility index (Phi) is 3.95. The Bertz CT molecular complexity index is 483. The number of aromatic carboxylic acids is 1. The number of carbonyl (C=O) groups is 2. The minimum atomic E-state index is -4.59. The Balaban J connectivity index is 3.24. The summed E-state index contributed by atoms with van der Waals surface area (Å²) in [6, 6.07) is 2.08. The fraction of sp³-hybridized carbons (Fsp3) is 0.273. The molecule has 1 amide bonds. The molecule has 0 bridgehead atoms. The number of halogens is 3. The maximum absolute atomic E-state index is 12.5. The molecule has 1 aromatic carbocycles. The van der Waals surface area contributed by atoms with Crippen LogP contribution in [-0.2, 0) is 11.0 Å². The van der Waals surface area contributed by atoms with Gasteiger partial charge in [0.25, 0.3) is 0 Å². The van der Waals surface area contributed by atoms with Crippen molar-refractivity contribution in [2.75, 3.05) is 5.32 Å². The van der Waals surface area contributed by atoms with E-state index in [0.29, 0.717) is 12.1 Å². The number of hydrogen-bond acceptors (Lipinski definition) is 2. The zero-order valence-corrected chi connectivity index (χ0v) is 9.34. The van der Waals surface area contributed by atoms with Crippen LogP contribution in [0.2, 0.25) is 0 Å². The lowest BCUT2D eigenvalue weighted by Crippen LogP contribution is -2.15.